The van der Waals surface area contributed by atoms with Gasteiger partial charge in [0.05, 0.1) is 17.5 Å². The molecular weight excluding hydrogens is 242 g/mol. The van der Waals surface area contributed by atoms with Crippen LogP contribution in [0.5, 0.6) is 0 Å². The first-order chi connectivity index (χ1) is 9.24. The molecule has 2 atom stereocenters. The fourth-order valence-electron chi connectivity index (χ4n) is 2.74. The van der Waals surface area contributed by atoms with E-state index in [1.165, 1.54) is 0 Å². The molecule has 1 amide bonds. The summed E-state index contributed by atoms with van der Waals surface area (Å²) in [5.41, 5.74) is 2.00. The van der Waals surface area contributed by atoms with Crippen LogP contribution in [0, 0.1) is 0 Å². The number of hydrogen-bond acceptors (Lipinski definition) is 4. The second kappa shape index (κ2) is 5.09. The van der Waals surface area contributed by atoms with Crippen LogP contribution >= 0.6 is 0 Å². The van der Waals surface area contributed by atoms with Crippen LogP contribution in [0.1, 0.15) is 12.8 Å². The molecule has 19 heavy (non-hydrogen) atoms. The van der Waals surface area contributed by atoms with Crippen molar-refractivity contribution in [2.45, 2.75) is 25.0 Å². The van der Waals surface area contributed by atoms with Crippen LogP contribution in [-0.2, 0) is 4.79 Å². The molecule has 1 aromatic rings. The summed E-state index contributed by atoms with van der Waals surface area (Å²) in [5.74, 6) is 0.0701. The first kappa shape index (κ1) is 12.3. The molecule has 0 bridgehead atoms. The lowest BCUT2D eigenvalue weighted by Gasteiger charge is -2.35. The third-order valence-corrected chi connectivity index (χ3v) is 3.76. The molecule has 0 radical (unpaired) electrons. The summed E-state index contributed by atoms with van der Waals surface area (Å²) in [6.45, 7) is 1.79. The molecule has 1 aromatic carbocycles. The predicted octanol–water partition coefficient (Wildman–Crippen LogP) is 0.876. The maximum absolute atomic E-state index is 12.4. The third kappa shape index (κ3) is 2.51. The Morgan fingerprint density at radius 1 is 1.32 bits per heavy atom. The van der Waals surface area contributed by atoms with Crippen LogP contribution in [0.4, 0.5) is 11.4 Å². The van der Waals surface area contributed by atoms with Crippen molar-refractivity contribution in [1.82, 2.24) is 4.90 Å². The van der Waals surface area contributed by atoms with E-state index in [9.17, 15) is 9.90 Å². The Kier molecular flexibility index (Phi) is 3.29. The fraction of sp³-hybridized carbons (Fsp3) is 0.500. The SMILES string of the molecule is O=C(C1CNc2ccccc2N1)N1CCCC(O)C1. The summed E-state index contributed by atoms with van der Waals surface area (Å²) in [7, 11) is 0. The summed E-state index contributed by atoms with van der Waals surface area (Å²) in [5, 5.41) is 16.2. The van der Waals surface area contributed by atoms with Gasteiger partial charge in [-0.1, -0.05) is 12.1 Å². The van der Waals surface area contributed by atoms with Crippen LogP contribution < -0.4 is 10.6 Å². The fourth-order valence-corrected chi connectivity index (χ4v) is 2.74. The van der Waals surface area contributed by atoms with E-state index in [1.807, 2.05) is 24.3 Å². The quantitative estimate of drug-likeness (QED) is 0.702. The van der Waals surface area contributed by atoms with Gasteiger partial charge in [0.25, 0.3) is 0 Å². The van der Waals surface area contributed by atoms with E-state index in [0.717, 1.165) is 30.8 Å². The van der Waals surface area contributed by atoms with E-state index in [-0.39, 0.29) is 18.1 Å². The van der Waals surface area contributed by atoms with Crippen molar-refractivity contribution in [3.05, 3.63) is 24.3 Å². The lowest BCUT2D eigenvalue weighted by atomic mass is 10.1. The van der Waals surface area contributed by atoms with E-state index < -0.39 is 0 Å². The molecule has 1 fully saturated rings. The Bertz CT molecular complexity index is 478. The number of β-amino-alcohol motifs (C(OH)–C–C–N with tert-alkyl or cyclic N) is 1. The molecule has 0 saturated carbocycles. The average Bonchev–Trinajstić information content (AvgIpc) is 2.46. The molecule has 2 unspecified atom stereocenters. The number of aliphatic hydroxyl groups is 1. The maximum atomic E-state index is 12.4. The number of anilines is 2. The standard InChI is InChI=1S/C14H19N3O2/c18-10-4-3-7-17(9-10)14(19)13-8-15-11-5-1-2-6-12(11)16-13/h1-2,5-6,10,13,15-16,18H,3-4,7-9H2. The zero-order valence-electron chi connectivity index (χ0n) is 10.8. The topological polar surface area (TPSA) is 64.6 Å². The number of carbonyl (C=O) groups excluding carboxylic acids is 1. The predicted molar refractivity (Wildman–Crippen MR) is 74.2 cm³/mol. The smallest absolute Gasteiger partial charge is 0.246 e. The molecule has 3 rings (SSSR count). The number of para-hydroxylation sites is 2. The van der Waals surface area contributed by atoms with Gasteiger partial charge < -0.3 is 20.6 Å². The highest BCUT2D eigenvalue weighted by atomic mass is 16.3. The van der Waals surface area contributed by atoms with E-state index in [2.05, 4.69) is 10.6 Å². The van der Waals surface area contributed by atoms with Crippen molar-refractivity contribution >= 4 is 17.3 Å². The largest absolute Gasteiger partial charge is 0.391 e. The molecular formula is C14H19N3O2. The number of likely N-dealkylation sites (tertiary alicyclic amines) is 1. The van der Waals surface area contributed by atoms with Gasteiger partial charge in [0.15, 0.2) is 0 Å². The first-order valence-corrected chi connectivity index (χ1v) is 6.80. The van der Waals surface area contributed by atoms with Crippen LogP contribution in [0.3, 0.4) is 0 Å². The minimum absolute atomic E-state index is 0.0701. The number of benzene rings is 1. The van der Waals surface area contributed by atoms with Gasteiger partial charge in [-0.3, -0.25) is 4.79 Å². The van der Waals surface area contributed by atoms with Gasteiger partial charge in [0.2, 0.25) is 5.91 Å². The Morgan fingerprint density at radius 3 is 2.89 bits per heavy atom. The van der Waals surface area contributed by atoms with E-state index in [1.54, 1.807) is 4.90 Å². The molecule has 2 heterocycles. The van der Waals surface area contributed by atoms with E-state index >= 15 is 0 Å². The van der Waals surface area contributed by atoms with Crippen LogP contribution in [-0.4, -0.2) is 47.7 Å². The highest BCUT2D eigenvalue weighted by molar-refractivity contribution is 5.88. The summed E-state index contributed by atoms with van der Waals surface area (Å²) in [4.78, 5) is 14.2. The Hall–Kier alpha value is -1.75. The van der Waals surface area contributed by atoms with Gasteiger partial charge in [-0.05, 0) is 25.0 Å². The number of piperidine rings is 1. The Morgan fingerprint density at radius 2 is 2.11 bits per heavy atom. The zero-order valence-corrected chi connectivity index (χ0v) is 10.8. The van der Waals surface area contributed by atoms with Gasteiger partial charge in [0.1, 0.15) is 6.04 Å². The third-order valence-electron chi connectivity index (χ3n) is 3.76. The Balaban J connectivity index is 1.69. The minimum Gasteiger partial charge on any atom is -0.391 e. The molecule has 2 aliphatic heterocycles. The van der Waals surface area contributed by atoms with Crippen molar-refractivity contribution < 1.29 is 9.90 Å². The van der Waals surface area contributed by atoms with Gasteiger partial charge in [0, 0.05) is 19.6 Å². The second-order valence-corrected chi connectivity index (χ2v) is 5.20. The number of rotatable bonds is 1. The van der Waals surface area contributed by atoms with Crippen molar-refractivity contribution in [2.75, 3.05) is 30.3 Å². The maximum Gasteiger partial charge on any atom is 0.246 e. The number of fused-ring (bicyclic) bond motifs is 1. The number of hydrogen-bond donors (Lipinski definition) is 3. The van der Waals surface area contributed by atoms with Crippen molar-refractivity contribution in [3.63, 3.8) is 0 Å². The number of nitrogens with zero attached hydrogens (tertiary/aromatic N) is 1. The molecule has 0 aromatic heterocycles. The van der Waals surface area contributed by atoms with E-state index in [0.29, 0.717) is 13.1 Å². The van der Waals surface area contributed by atoms with Gasteiger partial charge >= 0.3 is 0 Å². The first-order valence-electron chi connectivity index (χ1n) is 6.80. The lowest BCUT2D eigenvalue weighted by molar-refractivity contribution is -0.134. The number of nitrogens with one attached hydrogen (secondary N) is 2. The average molecular weight is 261 g/mol. The molecule has 0 aliphatic carbocycles. The summed E-state index contributed by atoms with van der Waals surface area (Å²) < 4.78 is 0. The summed E-state index contributed by atoms with van der Waals surface area (Å²) >= 11 is 0. The normalized spacial score (nSPS) is 26.1. The highest BCUT2D eigenvalue weighted by Crippen LogP contribution is 2.26. The van der Waals surface area contributed by atoms with Crippen molar-refractivity contribution in [3.8, 4) is 0 Å². The van der Waals surface area contributed by atoms with Gasteiger partial charge in [-0.15, -0.1) is 0 Å². The van der Waals surface area contributed by atoms with Crippen LogP contribution in [0.25, 0.3) is 0 Å². The van der Waals surface area contributed by atoms with Gasteiger partial charge in [-0.2, -0.15) is 0 Å². The highest BCUT2D eigenvalue weighted by Gasteiger charge is 2.30. The molecule has 3 N–H and O–H groups in total. The second-order valence-electron chi connectivity index (χ2n) is 5.20. The molecule has 5 heteroatoms. The monoisotopic (exact) mass is 261 g/mol. The molecule has 0 spiro atoms. The number of carbonyl (C=O) groups is 1. The lowest BCUT2D eigenvalue weighted by Crippen LogP contribution is -2.51. The summed E-state index contributed by atoms with van der Waals surface area (Å²) in [6, 6.07) is 7.63. The van der Waals surface area contributed by atoms with Crippen LogP contribution in [0.15, 0.2) is 24.3 Å². The van der Waals surface area contributed by atoms with Crippen LogP contribution in [0.2, 0.25) is 0 Å². The molecule has 102 valence electrons. The van der Waals surface area contributed by atoms with Gasteiger partial charge in [-0.25, -0.2) is 0 Å². The molecule has 5 nitrogen and oxygen atoms in total. The van der Waals surface area contributed by atoms with E-state index in [4.69, 9.17) is 0 Å². The van der Waals surface area contributed by atoms with Crippen molar-refractivity contribution in [2.24, 2.45) is 0 Å². The number of aliphatic hydroxyl groups excluding tert-OH is 1. The summed E-state index contributed by atoms with van der Waals surface area (Å²) in [6.07, 6.45) is 1.30. The Labute approximate surface area is 112 Å². The molecule has 1 saturated heterocycles. The zero-order chi connectivity index (χ0) is 13.2. The number of amides is 1. The van der Waals surface area contributed by atoms with Crippen molar-refractivity contribution in [1.29, 1.82) is 0 Å². The molecule has 2 aliphatic rings. The minimum atomic E-state index is -0.374.